The van der Waals surface area contributed by atoms with Crippen molar-refractivity contribution in [2.45, 2.75) is 49.1 Å². The lowest BCUT2D eigenvalue weighted by molar-refractivity contribution is -0.0434. The number of halogens is 4. The standard InChI is InChI=1S/C26H24ClF3N4OS2/c27-19-6-3-16(4-7-19)23(25-31-11-14-36-25)18-5-8-21-22(15-18)34(24(32-21)17-1-2-17)20-9-12-33(13-10-20)37(35)26(28,29)30/h3-8,11,14-15,17,20,23H,1-2,9-10,12-13H2. The van der Waals surface area contributed by atoms with Crippen LogP contribution in [0, 0.1) is 0 Å². The lowest BCUT2D eigenvalue weighted by Crippen LogP contribution is -2.41. The molecule has 2 aromatic heterocycles. The summed E-state index contributed by atoms with van der Waals surface area (Å²) in [6.45, 7) is 0.263. The summed E-state index contributed by atoms with van der Waals surface area (Å²) in [5.41, 5.74) is -0.694. The molecule has 0 bridgehead atoms. The summed E-state index contributed by atoms with van der Waals surface area (Å²) in [5, 5.41) is 3.60. The van der Waals surface area contributed by atoms with Gasteiger partial charge in [0.2, 0.25) is 11.0 Å². The highest BCUT2D eigenvalue weighted by Crippen LogP contribution is 2.44. The molecule has 0 spiro atoms. The van der Waals surface area contributed by atoms with Gasteiger partial charge >= 0.3 is 5.51 Å². The van der Waals surface area contributed by atoms with Crippen LogP contribution >= 0.6 is 22.9 Å². The maximum atomic E-state index is 13.0. The number of piperidine rings is 1. The predicted octanol–water partition coefficient (Wildman–Crippen LogP) is 7.02. The highest BCUT2D eigenvalue weighted by molar-refractivity contribution is 7.83. The van der Waals surface area contributed by atoms with Crippen molar-refractivity contribution in [2.75, 3.05) is 13.1 Å². The minimum atomic E-state index is -4.73. The molecule has 1 aliphatic carbocycles. The van der Waals surface area contributed by atoms with Gasteiger partial charge in [-0.2, -0.15) is 13.2 Å². The van der Waals surface area contributed by atoms with Crippen LogP contribution in [-0.2, 0) is 11.0 Å². The second-order valence-electron chi connectivity index (χ2n) is 9.57. The fraction of sp³-hybridized carbons (Fsp3) is 0.385. The van der Waals surface area contributed by atoms with E-state index in [4.69, 9.17) is 16.6 Å². The van der Waals surface area contributed by atoms with Gasteiger partial charge in [0.25, 0.3) is 0 Å². The Balaban J connectivity index is 1.39. The monoisotopic (exact) mass is 564 g/mol. The normalized spacial score (nSPS) is 19.4. The second kappa shape index (κ2) is 9.80. The number of aromatic nitrogens is 3. The fourth-order valence-corrected chi connectivity index (χ4v) is 7.00. The number of thiazole rings is 1. The van der Waals surface area contributed by atoms with Gasteiger partial charge in [0, 0.05) is 41.6 Å². The molecule has 11 heteroatoms. The van der Waals surface area contributed by atoms with Crippen LogP contribution in [0.25, 0.3) is 11.0 Å². The Morgan fingerprint density at radius 2 is 1.73 bits per heavy atom. The van der Waals surface area contributed by atoms with Crippen LogP contribution < -0.4 is 0 Å². The zero-order valence-corrected chi connectivity index (χ0v) is 22.1. The molecule has 37 heavy (non-hydrogen) atoms. The largest absolute Gasteiger partial charge is 0.485 e. The number of fused-ring (bicyclic) bond motifs is 1. The van der Waals surface area contributed by atoms with Crippen molar-refractivity contribution in [3.63, 3.8) is 0 Å². The van der Waals surface area contributed by atoms with Crippen LogP contribution in [0.1, 0.15) is 65.5 Å². The van der Waals surface area contributed by atoms with Crippen LogP contribution in [0.3, 0.4) is 0 Å². The van der Waals surface area contributed by atoms with E-state index < -0.39 is 16.5 Å². The van der Waals surface area contributed by atoms with Gasteiger partial charge < -0.3 is 4.57 Å². The number of nitrogens with zero attached hydrogens (tertiary/aromatic N) is 4. The molecule has 2 atom stereocenters. The molecule has 194 valence electrons. The van der Waals surface area contributed by atoms with Gasteiger partial charge in [-0.05, 0) is 61.1 Å². The zero-order chi connectivity index (χ0) is 25.7. The minimum Gasteiger partial charge on any atom is -0.325 e. The summed E-state index contributed by atoms with van der Waals surface area (Å²) in [6, 6.07) is 14.1. The third-order valence-corrected chi connectivity index (χ3v) is 9.46. The van der Waals surface area contributed by atoms with Crippen LogP contribution in [0.5, 0.6) is 0 Å². The Labute approximate surface area is 223 Å². The third kappa shape index (κ3) is 4.96. The first-order chi connectivity index (χ1) is 17.8. The van der Waals surface area contributed by atoms with Gasteiger partial charge in [-0.3, -0.25) is 0 Å². The number of rotatable bonds is 6. The number of alkyl halides is 3. The molecule has 1 saturated heterocycles. The van der Waals surface area contributed by atoms with E-state index >= 15 is 0 Å². The van der Waals surface area contributed by atoms with Crippen molar-refractivity contribution in [1.82, 2.24) is 18.8 Å². The number of imidazole rings is 1. The van der Waals surface area contributed by atoms with Gasteiger partial charge in [0.1, 0.15) is 10.8 Å². The highest BCUT2D eigenvalue weighted by Gasteiger charge is 2.43. The lowest BCUT2D eigenvalue weighted by atomic mass is 9.91. The fourth-order valence-electron chi connectivity index (χ4n) is 5.24. The summed E-state index contributed by atoms with van der Waals surface area (Å²) in [5.74, 6) is 1.31. The Hall–Kier alpha value is -2.27. The molecule has 2 unspecified atom stereocenters. The maximum absolute atomic E-state index is 13.0. The molecule has 2 aliphatic rings. The second-order valence-corrected chi connectivity index (χ2v) is 12.4. The van der Waals surface area contributed by atoms with Crippen LogP contribution in [0.4, 0.5) is 13.2 Å². The maximum Gasteiger partial charge on any atom is 0.485 e. The zero-order valence-electron chi connectivity index (χ0n) is 19.7. The van der Waals surface area contributed by atoms with Crippen molar-refractivity contribution in [3.8, 4) is 0 Å². The lowest BCUT2D eigenvalue weighted by Gasteiger charge is -2.33. The number of benzene rings is 2. The highest BCUT2D eigenvalue weighted by atomic mass is 35.5. The van der Waals surface area contributed by atoms with E-state index in [9.17, 15) is 17.4 Å². The molecule has 1 saturated carbocycles. The molecule has 3 heterocycles. The topological polar surface area (TPSA) is 51.0 Å². The molecule has 0 amide bonds. The SMILES string of the molecule is O=S(N1CCC(n2c(C3CC3)nc3ccc(C(c4ccc(Cl)cc4)c4nccs4)cc32)CC1)C(F)(F)F. The molecule has 6 rings (SSSR count). The van der Waals surface area contributed by atoms with Crippen molar-refractivity contribution >= 4 is 45.0 Å². The molecular formula is C26H24ClF3N4OS2. The van der Waals surface area contributed by atoms with Crippen LogP contribution in [0.2, 0.25) is 5.02 Å². The van der Waals surface area contributed by atoms with Crippen LogP contribution in [-0.4, -0.2) is 41.6 Å². The van der Waals surface area contributed by atoms with Crippen LogP contribution in [0.15, 0.2) is 54.0 Å². The Morgan fingerprint density at radius 3 is 2.35 bits per heavy atom. The molecule has 0 radical (unpaired) electrons. The Bertz CT molecular complexity index is 1430. The van der Waals surface area contributed by atoms with E-state index in [0.717, 1.165) is 50.1 Å². The van der Waals surface area contributed by atoms with E-state index in [1.54, 1.807) is 17.5 Å². The van der Waals surface area contributed by atoms with Gasteiger partial charge in [-0.25, -0.2) is 18.5 Å². The third-order valence-electron chi connectivity index (χ3n) is 7.14. The summed E-state index contributed by atoms with van der Waals surface area (Å²) in [6.07, 6.45) is 4.92. The predicted molar refractivity (Wildman–Crippen MR) is 140 cm³/mol. The van der Waals surface area contributed by atoms with Crippen molar-refractivity contribution < 1.29 is 17.4 Å². The van der Waals surface area contributed by atoms with E-state index in [1.807, 2.05) is 35.7 Å². The average molecular weight is 565 g/mol. The van der Waals surface area contributed by atoms with Crippen molar-refractivity contribution in [1.29, 1.82) is 0 Å². The first kappa shape index (κ1) is 25.0. The quantitative estimate of drug-likeness (QED) is 0.253. The average Bonchev–Trinajstić information content (AvgIpc) is 3.46. The van der Waals surface area contributed by atoms with E-state index in [2.05, 4.69) is 21.7 Å². The van der Waals surface area contributed by atoms with Crippen molar-refractivity contribution in [3.05, 3.63) is 81.0 Å². The molecule has 0 N–H and O–H groups in total. The first-order valence-electron chi connectivity index (χ1n) is 12.2. The molecule has 2 fully saturated rings. The van der Waals surface area contributed by atoms with Gasteiger partial charge in [-0.1, -0.05) is 29.8 Å². The van der Waals surface area contributed by atoms with E-state index in [-0.39, 0.29) is 25.0 Å². The summed E-state index contributed by atoms with van der Waals surface area (Å²) in [7, 11) is -2.97. The Morgan fingerprint density at radius 1 is 1.03 bits per heavy atom. The summed E-state index contributed by atoms with van der Waals surface area (Å²) < 4.78 is 54.2. The minimum absolute atomic E-state index is 0.00572. The van der Waals surface area contributed by atoms with E-state index in [1.165, 1.54) is 0 Å². The molecule has 4 aromatic rings. The molecular weight excluding hydrogens is 541 g/mol. The first-order valence-corrected chi connectivity index (χ1v) is 14.6. The van der Waals surface area contributed by atoms with E-state index in [0.29, 0.717) is 23.8 Å². The molecule has 2 aromatic carbocycles. The molecule has 1 aliphatic heterocycles. The van der Waals surface area contributed by atoms with Gasteiger partial charge in [0.15, 0.2) is 0 Å². The number of hydrogen-bond acceptors (Lipinski definition) is 4. The summed E-state index contributed by atoms with van der Waals surface area (Å²) >= 11 is 7.75. The van der Waals surface area contributed by atoms with Gasteiger partial charge in [0.05, 0.1) is 17.0 Å². The smallest absolute Gasteiger partial charge is 0.325 e. The number of hydrogen-bond donors (Lipinski definition) is 0. The molecule has 5 nitrogen and oxygen atoms in total. The Kier molecular flexibility index (Phi) is 6.63. The summed E-state index contributed by atoms with van der Waals surface area (Å²) in [4.78, 5) is 9.58. The van der Waals surface area contributed by atoms with Crippen molar-refractivity contribution in [2.24, 2.45) is 0 Å². The van der Waals surface area contributed by atoms with Gasteiger partial charge in [-0.15, -0.1) is 11.3 Å².